The molecule has 2 N–H and O–H groups in total. The molecule has 162 valence electrons. The number of likely N-dealkylation sites (tertiary alicyclic amines) is 1. The van der Waals surface area contributed by atoms with E-state index in [4.69, 9.17) is 0 Å². The normalized spacial score (nSPS) is 16.7. The number of aryl methyl sites for hydroxylation is 1. The fourth-order valence-electron chi connectivity index (χ4n) is 3.19. The van der Waals surface area contributed by atoms with Gasteiger partial charge in [-0.05, 0) is 52.1 Å². The SMILES string of the molecule is CCNC(=NCCC1CCN(CC(F)(F)F)CC1)NCCc1ncc(C)s1.I. The Hall–Kier alpha value is -0.620. The number of nitrogens with zero attached hydrogens (tertiary/aromatic N) is 3. The number of rotatable bonds is 8. The Balaban J connectivity index is 0.00000392. The lowest BCUT2D eigenvalue weighted by atomic mass is 9.93. The molecule has 28 heavy (non-hydrogen) atoms. The number of alkyl halides is 3. The first-order valence-corrected chi connectivity index (χ1v) is 10.4. The van der Waals surface area contributed by atoms with Gasteiger partial charge in [0.05, 0.1) is 11.6 Å². The molecule has 0 aliphatic carbocycles. The lowest BCUT2D eigenvalue weighted by Gasteiger charge is -2.32. The molecule has 0 radical (unpaired) electrons. The molecule has 5 nitrogen and oxygen atoms in total. The van der Waals surface area contributed by atoms with Gasteiger partial charge >= 0.3 is 6.18 Å². The summed E-state index contributed by atoms with van der Waals surface area (Å²) in [7, 11) is 0. The first-order valence-electron chi connectivity index (χ1n) is 9.58. The van der Waals surface area contributed by atoms with Crippen molar-refractivity contribution in [2.75, 3.05) is 39.3 Å². The topological polar surface area (TPSA) is 52.6 Å². The van der Waals surface area contributed by atoms with E-state index in [2.05, 4.69) is 20.6 Å². The van der Waals surface area contributed by atoms with E-state index in [1.807, 2.05) is 20.0 Å². The van der Waals surface area contributed by atoms with Crippen molar-refractivity contribution in [3.8, 4) is 0 Å². The van der Waals surface area contributed by atoms with Crippen LogP contribution in [0.1, 0.15) is 36.1 Å². The molecule has 1 aliphatic rings. The Morgan fingerprint density at radius 2 is 2.04 bits per heavy atom. The standard InChI is InChI=1S/C18H30F3N5S.HI/c1-3-22-17(24-9-5-16-25-12-14(2)27-16)23-8-4-15-6-10-26(11-7-15)13-18(19,20)21;/h12,15H,3-11,13H2,1-2H3,(H2,22,23,24);1H. The maximum atomic E-state index is 12.4. The first-order chi connectivity index (χ1) is 12.9. The second-order valence-electron chi connectivity index (χ2n) is 6.93. The van der Waals surface area contributed by atoms with E-state index < -0.39 is 12.7 Å². The number of aliphatic imine (C=N–C) groups is 1. The van der Waals surface area contributed by atoms with E-state index in [9.17, 15) is 13.2 Å². The van der Waals surface area contributed by atoms with Crippen LogP contribution in [0.15, 0.2) is 11.2 Å². The Morgan fingerprint density at radius 3 is 2.61 bits per heavy atom. The fraction of sp³-hybridized carbons (Fsp3) is 0.778. The average Bonchev–Trinajstić information content (AvgIpc) is 3.00. The summed E-state index contributed by atoms with van der Waals surface area (Å²) < 4.78 is 37.3. The molecule has 0 atom stereocenters. The summed E-state index contributed by atoms with van der Waals surface area (Å²) in [5.41, 5.74) is 0. The van der Waals surface area contributed by atoms with Crippen LogP contribution in [0.2, 0.25) is 0 Å². The highest BCUT2D eigenvalue weighted by molar-refractivity contribution is 14.0. The molecule has 0 amide bonds. The number of halogens is 4. The third kappa shape index (κ3) is 10.2. The average molecular weight is 533 g/mol. The van der Waals surface area contributed by atoms with Gasteiger partial charge in [0, 0.05) is 37.1 Å². The minimum absolute atomic E-state index is 0. The third-order valence-corrected chi connectivity index (χ3v) is 5.53. The van der Waals surface area contributed by atoms with Gasteiger partial charge in [-0.25, -0.2) is 4.98 Å². The zero-order valence-corrected chi connectivity index (χ0v) is 19.7. The Labute approximate surface area is 186 Å². The van der Waals surface area contributed by atoms with Crippen molar-refractivity contribution in [2.24, 2.45) is 10.9 Å². The monoisotopic (exact) mass is 533 g/mol. The molecular formula is C18H31F3IN5S. The number of aromatic nitrogens is 1. The second-order valence-corrected chi connectivity index (χ2v) is 8.24. The summed E-state index contributed by atoms with van der Waals surface area (Å²) in [5.74, 6) is 1.25. The summed E-state index contributed by atoms with van der Waals surface area (Å²) in [5, 5.41) is 7.67. The van der Waals surface area contributed by atoms with Gasteiger partial charge in [0.25, 0.3) is 0 Å². The number of hydrogen-bond donors (Lipinski definition) is 2. The summed E-state index contributed by atoms with van der Waals surface area (Å²) in [4.78, 5) is 11.7. The van der Waals surface area contributed by atoms with Crippen LogP contribution in [-0.2, 0) is 6.42 Å². The predicted octanol–water partition coefficient (Wildman–Crippen LogP) is 3.83. The number of nitrogens with one attached hydrogen (secondary N) is 2. The van der Waals surface area contributed by atoms with Crippen LogP contribution in [0.4, 0.5) is 13.2 Å². The highest BCUT2D eigenvalue weighted by Crippen LogP contribution is 2.24. The second kappa shape index (κ2) is 12.8. The molecule has 1 aliphatic heterocycles. The van der Waals surface area contributed by atoms with Gasteiger partial charge in [-0.3, -0.25) is 9.89 Å². The minimum atomic E-state index is -4.10. The van der Waals surface area contributed by atoms with Crippen LogP contribution in [0.3, 0.4) is 0 Å². The molecular weight excluding hydrogens is 502 g/mol. The van der Waals surface area contributed by atoms with E-state index in [0.29, 0.717) is 25.6 Å². The Kier molecular flexibility index (Phi) is 11.7. The highest BCUT2D eigenvalue weighted by atomic mass is 127. The van der Waals surface area contributed by atoms with Crippen LogP contribution in [0.25, 0.3) is 0 Å². The molecule has 0 saturated carbocycles. The lowest BCUT2D eigenvalue weighted by molar-refractivity contribution is -0.148. The molecule has 1 saturated heterocycles. The van der Waals surface area contributed by atoms with Gasteiger partial charge in [-0.15, -0.1) is 35.3 Å². The van der Waals surface area contributed by atoms with Crippen molar-refractivity contribution in [3.05, 3.63) is 16.1 Å². The van der Waals surface area contributed by atoms with Crippen LogP contribution in [0.5, 0.6) is 0 Å². The number of hydrogen-bond acceptors (Lipinski definition) is 4. The van der Waals surface area contributed by atoms with Crippen LogP contribution in [0, 0.1) is 12.8 Å². The number of guanidine groups is 1. The summed E-state index contributed by atoms with van der Waals surface area (Å²) >= 11 is 1.71. The van der Waals surface area contributed by atoms with Gasteiger partial charge in [-0.1, -0.05) is 0 Å². The van der Waals surface area contributed by atoms with E-state index in [0.717, 1.165) is 49.7 Å². The van der Waals surface area contributed by atoms with Gasteiger partial charge in [0.15, 0.2) is 5.96 Å². The predicted molar refractivity (Wildman–Crippen MR) is 120 cm³/mol. The van der Waals surface area contributed by atoms with Crippen LogP contribution < -0.4 is 10.6 Å². The van der Waals surface area contributed by atoms with Crippen molar-refractivity contribution in [1.29, 1.82) is 0 Å². The van der Waals surface area contributed by atoms with Crippen molar-refractivity contribution < 1.29 is 13.2 Å². The van der Waals surface area contributed by atoms with Crippen molar-refractivity contribution in [3.63, 3.8) is 0 Å². The maximum absolute atomic E-state index is 12.4. The zero-order chi connectivity index (χ0) is 19.7. The first kappa shape index (κ1) is 25.4. The van der Waals surface area contributed by atoms with Crippen LogP contribution in [-0.4, -0.2) is 61.3 Å². The molecule has 1 fully saturated rings. The summed E-state index contributed by atoms with van der Waals surface area (Å²) in [6.45, 7) is 6.59. The molecule has 0 bridgehead atoms. The van der Waals surface area contributed by atoms with Crippen molar-refractivity contribution in [2.45, 2.75) is 45.7 Å². The van der Waals surface area contributed by atoms with E-state index in [-0.39, 0.29) is 24.0 Å². The van der Waals surface area contributed by atoms with Crippen LogP contribution >= 0.6 is 35.3 Å². The van der Waals surface area contributed by atoms with Gasteiger partial charge in [0.2, 0.25) is 0 Å². The summed E-state index contributed by atoms with van der Waals surface area (Å²) in [6.07, 6.45) is 1.21. The quantitative estimate of drug-likeness (QED) is 0.303. The smallest absolute Gasteiger partial charge is 0.357 e. The van der Waals surface area contributed by atoms with E-state index in [1.165, 1.54) is 9.78 Å². The zero-order valence-electron chi connectivity index (χ0n) is 16.5. The molecule has 1 aromatic heterocycles. The maximum Gasteiger partial charge on any atom is 0.401 e. The molecule has 0 unspecified atom stereocenters. The van der Waals surface area contributed by atoms with Gasteiger partial charge < -0.3 is 10.6 Å². The molecule has 0 spiro atoms. The molecule has 0 aromatic carbocycles. The molecule has 10 heteroatoms. The highest BCUT2D eigenvalue weighted by Gasteiger charge is 2.32. The lowest BCUT2D eigenvalue weighted by Crippen LogP contribution is -2.40. The molecule has 1 aromatic rings. The van der Waals surface area contributed by atoms with Gasteiger partial charge in [0.1, 0.15) is 0 Å². The van der Waals surface area contributed by atoms with E-state index >= 15 is 0 Å². The third-order valence-electron chi connectivity index (χ3n) is 4.56. The minimum Gasteiger partial charge on any atom is -0.357 e. The molecule has 2 rings (SSSR count). The number of thiazole rings is 1. The largest absolute Gasteiger partial charge is 0.401 e. The molecule has 2 heterocycles. The fourth-order valence-corrected chi connectivity index (χ4v) is 3.98. The number of piperidine rings is 1. The Morgan fingerprint density at radius 1 is 1.32 bits per heavy atom. The summed E-state index contributed by atoms with van der Waals surface area (Å²) in [6, 6.07) is 0. The van der Waals surface area contributed by atoms with E-state index in [1.54, 1.807) is 11.3 Å². The van der Waals surface area contributed by atoms with Crippen molar-refractivity contribution in [1.82, 2.24) is 20.5 Å². The Bertz CT molecular complexity index is 586. The van der Waals surface area contributed by atoms with Crippen molar-refractivity contribution >= 4 is 41.3 Å². The van der Waals surface area contributed by atoms with Gasteiger partial charge in [-0.2, -0.15) is 13.2 Å².